The van der Waals surface area contributed by atoms with Crippen molar-refractivity contribution < 1.29 is 4.42 Å². The molecule has 0 saturated carbocycles. The number of aromatic nitrogens is 2. The second-order valence-electron chi connectivity index (χ2n) is 4.55. The molecule has 23 heavy (non-hydrogen) atoms. The van der Waals surface area contributed by atoms with Gasteiger partial charge in [-0.3, -0.25) is 0 Å². The molecule has 0 spiro atoms. The van der Waals surface area contributed by atoms with Crippen LogP contribution in [-0.4, -0.2) is 10.2 Å². The third-order valence-corrected chi connectivity index (χ3v) is 4.47. The Morgan fingerprint density at radius 1 is 1.13 bits per heavy atom. The van der Waals surface area contributed by atoms with Gasteiger partial charge in [0.2, 0.25) is 5.89 Å². The average Bonchev–Trinajstić information content (AvgIpc) is 3.02. The maximum atomic E-state index is 9.09. The van der Waals surface area contributed by atoms with Gasteiger partial charge in [0.05, 0.1) is 22.2 Å². The van der Waals surface area contributed by atoms with Crippen molar-refractivity contribution in [2.75, 3.05) is 0 Å². The van der Waals surface area contributed by atoms with Crippen LogP contribution in [0.4, 0.5) is 0 Å². The van der Waals surface area contributed by atoms with Gasteiger partial charge >= 0.3 is 0 Å². The summed E-state index contributed by atoms with van der Waals surface area (Å²) in [6.45, 7) is 0. The molecule has 4 nitrogen and oxygen atoms in total. The van der Waals surface area contributed by atoms with Gasteiger partial charge in [0.1, 0.15) is 0 Å². The number of benzene rings is 2. The molecule has 0 unspecified atom stereocenters. The Labute approximate surface area is 147 Å². The van der Waals surface area contributed by atoms with Gasteiger partial charge in [0.15, 0.2) is 0 Å². The number of thioether (sulfide) groups is 1. The van der Waals surface area contributed by atoms with Crippen LogP contribution in [0.15, 0.2) is 52.1 Å². The first-order valence-electron chi connectivity index (χ1n) is 6.57. The van der Waals surface area contributed by atoms with Crippen molar-refractivity contribution in [1.29, 1.82) is 5.26 Å². The SMILES string of the molecule is N#Cc1ccccc1CSc1nnc(-c2ccc(Cl)cc2Cl)o1. The lowest BCUT2D eigenvalue weighted by atomic mass is 10.1. The lowest BCUT2D eigenvalue weighted by Crippen LogP contribution is -1.86. The van der Waals surface area contributed by atoms with E-state index in [9.17, 15) is 0 Å². The predicted molar refractivity (Wildman–Crippen MR) is 90.5 cm³/mol. The molecule has 0 fully saturated rings. The summed E-state index contributed by atoms with van der Waals surface area (Å²) in [4.78, 5) is 0. The highest BCUT2D eigenvalue weighted by Crippen LogP contribution is 2.32. The van der Waals surface area contributed by atoms with E-state index in [1.807, 2.05) is 18.2 Å². The lowest BCUT2D eigenvalue weighted by molar-refractivity contribution is 0.466. The minimum Gasteiger partial charge on any atom is -0.411 e. The van der Waals surface area contributed by atoms with Crippen molar-refractivity contribution in [1.82, 2.24) is 10.2 Å². The molecule has 0 atom stereocenters. The molecular formula is C16H9Cl2N3OS. The Morgan fingerprint density at radius 2 is 1.96 bits per heavy atom. The molecule has 1 aromatic heterocycles. The number of rotatable bonds is 4. The molecule has 0 radical (unpaired) electrons. The molecule has 0 saturated heterocycles. The predicted octanol–water partition coefficient (Wildman–Crippen LogP) is 5.21. The third kappa shape index (κ3) is 3.67. The van der Waals surface area contributed by atoms with Gasteiger partial charge in [0, 0.05) is 10.8 Å². The van der Waals surface area contributed by atoms with Gasteiger partial charge in [-0.1, -0.05) is 53.2 Å². The molecule has 0 aliphatic heterocycles. The second-order valence-corrected chi connectivity index (χ2v) is 6.33. The summed E-state index contributed by atoms with van der Waals surface area (Å²) in [5.41, 5.74) is 2.19. The van der Waals surface area contributed by atoms with E-state index >= 15 is 0 Å². The summed E-state index contributed by atoms with van der Waals surface area (Å²) in [6, 6.07) is 14.6. The maximum Gasteiger partial charge on any atom is 0.277 e. The van der Waals surface area contributed by atoms with Gasteiger partial charge in [0.25, 0.3) is 5.22 Å². The van der Waals surface area contributed by atoms with E-state index in [4.69, 9.17) is 32.9 Å². The standard InChI is InChI=1S/C16H9Cl2N3OS/c17-12-5-6-13(14(18)7-12)15-20-21-16(22-15)23-9-11-4-2-1-3-10(11)8-19/h1-7H,9H2. The number of nitrogens with zero attached hydrogens (tertiary/aromatic N) is 3. The molecule has 7 heteroatoms. The molecule has 2 aromatic carbocycles. The Balaban J connectivity index is 1.76. The normalized spacial score (nSPS) is 10.5. The zero-order valence-corrected chi connectivity index (χ0v) is 14.0. The van der Waals surface area contributed by atoms with E-state index in [0.29, 0.717) is 38.0 Å². The molecule has 0 bridgehead atoms. The zero-order chi connectivity index (χ0) is 16.2. The Bertz CT molecular complexity index is 889. The van der Waals surface area contributed by atoms with Crippen LogP contribution in [0.1, 0.15) is 11.1 Å². The summed E-state index contributed by atoms with van der Waals surface area (Å²) >= 11 is 13.4. The molecule has 3 aromatic rings. The maximum absolute atomic E-state index is 9.09. The molecule has 1 heterocycles. The van der Waals surface area contributed by atoms with Crippen molar-refractivity contribution >= 4 is 35.0 Å². The van der Waals surface area contributed by atoms with E-state index in [1.165, 1.54) is 11.8 Å². The monoisotopic (exact) mass is 361 g/mol. The minimum absolute atomic E-state index is 0.336. The van der Waals surface area contributed by atoms with Crippen molar-refractivity contribution in [2.24, 2.45) is 0 Å². The highest BCUT2D eigenvalue weighted by molar-refractivity contribution is 7.98. The van der Waals surface area contributed by atoms with Crippen molar-refractivity contribution in [3.05, 3.63) is 63.6 Å². The topological polar surface area (TPSA) is 62.7 Å². The van der Waals surface area contributed by atoms with Crippen molar-refractivity contribution in [3.63, 3.8) is 0 Å². The van der Waals surface area contributed by atoms with Crippen LogP contribution in [0.5, 0.6) is 0 Å². The number of nitriles is 1. The summed E-state index contributed by atoms with van der Waals surface area (Å²) < 4.78 is 5.62. The molecule has 0 N–H and O–H groups in total. The second kappa shape index (κ2) is 7.05. The summed E-state index contributed by atoms with van der Waals surface area (Å²) in [5, 5.41) is 18.5. The Hall–Kier alpha value is -2.00. The van der Waals surface area contributed by atoms with Crippen LogP contribution in [0.3, 0.4) is 0 Å². The third-order valence-electron chi connectivity index (χ3n) is 3.06. The van der Waals surface area contributed by atoms with E-state index in [2.05, 4.69) is 16.3 Å². The van der Waals surface area contributed by atoms with Gasteiger partial charge in [-0.2, -0.15) is 5.26 Å². The summed E-state index contributed by atoms with van der Waals surface area (Å²) in [5.74, 6) is 0.905. The molecule has 3 rings (SSSR count). The Morgan fingerprint density at radius 3 is 2.74 bits per heavy atom. The highest BCUT2D eigenvalue weighted by Gasteiger charge is 2.13. The van der Waals surface area contributed by atoms with Gasteiger partial charge < -0.3 is 4.42 Å². The smallest absolute Gasteiger partial charge is 0.277 e. The van der Waals surface area contributed by atoms with Crippen molar-refractivity contribution in [3.8, 4) is 17.5 Å². The minimum atomic E-state index is 0.336. The molecule has 0 amide bonds. The first kappa shape index (κ1) is 15.9. The fourth-order valence-electron chi connectivity index (χ4n) is 1.93. The van der Waals surface area contributed by atoms with Crippen LogP contribution in [0.25, 0.3) is 11.5 Å². The highest BCUT2D eigenvalue weighted by atomic mass is 35.5. The van der Waals surface area contributed by atoms with Crippen molar-refractivity contribution in [2.45, 2.75) is 11.0 Å². The van der Waals surface area contributed by atoms with E-state index in [-0.39, 0.29) is 0 Å². The number of halogens is 2. The molecule has 0 aliphatic rings. The summed E-state index contributed by atoms with van der Waals surface area (Å²) in [6.07, 6.45) is 0. The van der Waals surface area contributed by atoms with Crippen LogP contribution in [-0.2, 0) is 5.75 Å². The van der Waals surface area contributed by atoms with Crippen LogP contribution in [0, 0.1) is 11.3 Å². The summed E-state index contributed by atoms with van der Waals surface area (Å²) in [7, 11) is 0. The van der Waals surface area contributed by atoms with Gasteiger partial charge in [-0.15, -0.1) is 10.2 Å². The van der Waals surface area contributed by atoms with Gasteiger partial charge in [-0.05, 0) is 29.8 Å². The zero-order valence-electron chi connectivity index (χ0n) is 11.7. The van der Waals surface area contributed by atoms with E-state index in [1.54, 1.807) is 24.3 Å². The van der Waals surface area contributed by atoms with E-state index in [0.717, 1.165) is 5.56 Å². The van der Waals surface area contributed by atoms with Crippen LogP contribution >= 0.6 is 35.0 Å². The van der Waals surface area contributed by atoms with E-state index < -0.39 is 0 Å². The first-order valence-corrected chi connectivity index (χ1v) is 8.31. The first-order chi connectivity index (χ1) is 11.2. The van der Waals surface area contributed by atoms with Gasteiger partial charge in [-0.25, -0.2) is 0 Å². The molecular weight excluding hydrogens is 353 g/mol. The fourth-order valence-corrected chi connectivity index (χ4v) is 3.19. The van der Waals surface area contributed by atoms with Crippen LogP contribution < -0.4 is 0 Å². The quantitative estimate of drug-likeness (QED) is 0.597. The average molecular weight is 362 g/mol. The fraction of sp³-hybridized carbons (Fsp3) is 0.0625. The number of hydrogen-bond acceptors (Lipinski definition) is 5. The largest absolute Gasteiger partial charge is 0.411 e. The Kier molecular flexibility index (Phi) is 4.87. The lowest BCUT2D eigenvalue weighted by Gasteiger charge is -2.01. The number of hydrogen-bond donors (Lipinski definition) is 0. The van der Waals surface area contributed by atoms with Crippen LogP contribution in [0.2, 0.25) is 10.0 Å². The molecule has 114 valence electrons. The molecule has 0 aliphatic carbocycles.